The van der Waals surface area contributed by atoms with Gasteiger partial charge in [0.1, 0.15) is 11.6 Å². The number of anilines is 1. The summed E-state index contributed by atoms with van der Waals surface area (Å²) >= 11 is 0. The third kappa shape index (κ3) is 3.98. The maximum atomic E-state index is 11.7. The molecule has 1 aromatic heterocycles. The van der Waals surface area contributed by atoms with Crippen LogP contribution < -0.4 is 11.5 Å². The van der Waals surface area contributed by atoms with Crippen molar-refractivity contribution in [1.82, 2.24) is 4.98 Å². The number of hydrogen-bond donors (Lipinski definition) is 2. The normalized spacial score (nSPS) is 12.4. The van der Waals surface area contributed by atoms with Crippen molar-refractivity contribution in [3.05, 3.63) is 23.9 Å². The van der Waals surface area contributed by atoms with Crippen LogP contribution in [0.2, 0.25) is 0 Å². The van der Waals surface area contributed by atoms with Gasteiger partial charge in [-0.25, -0.2) is 4.98 Å². The zero-order chi connectivity index (χ0) is 12.0. The first-order chi connectivity index (χ1) is 7.63. The Hall–Kier alpha value is -1.42. The van der Waals surface area contributed by atoms with E-state index in [9.17, 15) is 4.79 Å². The fraction of sp³-hybridized carbons (Fsp3) is 0.500. The highest BCUT2D eigenvalue weighted by molar-refractivity contribution is 5.81. The van der Waals surface area contributed by atoms with Crippen LogP contribution in [0.1, 0.15) is 25.3 Å². The Morgan fingerprint density at radius 1 is 1.56 bits per heavy atom. The van der Waals surface area contributed by atoms with Crippen LogP contribution in [0.25, 0.3) is 0 Å². The van der Waals surface area contributed by atoms with Gasteiger partial charge in [0, 0.05) is 24.6 Å². The number of nitrogen functional groups attached to an aromatic ring is 1. The minimum absolute atomic E-state index is 0.194. The standard InChI is InChI=1S/C12H19N3O/c1-9(8-13)4-5-11(16)7-10-3-2-6-15-12(10)14/h2-3,6,9H,4-5,7-8,13H2,1H3,(H2,14,15). The lowest BCUT2D eigenvalue weighted by atomic mass is 10.0. The summed E-state index contributed by atoms with van der Waals surface area (Å²) in [5.74, 6) is 1.04. The monoisotopic (exact) mass is 221 g/mol. The van der Waals surface area contributed by atoms with Crippen LogP contribution in [0.5, 0.6) is 0 Å². The molecule has 0 saturated heterocycles. The smallest absolute Gasteiger partial charge is 0.137 e. The van der Waals surface area contributed by atoms with Crippen molar-refractivity contribution in [3.63, 3.8) is 0 Å². The number of nitrogens with two attached hydrogens (primary N) is 2. The molecule has 0 spiro atoms. The molecule has 0 amide bonds. The molecular weight excluding hydrogens is 202 g/mol. The van der Waals surface area contributed by atoms with Gasteiger partial charge in [-0.3, -0.25) is 4.79 Å². The number of carbonyl (C=O) groups is 1. The average Bonchev–Trinajstić information content (AvgIpc) is 2.29. The van der Waals surface area contributed by atoms with Crippen molar-refractivity contribution < 1.29 is 4.79 Å². The number of pyridine rings is 1. The minimum Gasteiger partial charge on any atom is -0.383 e. The number of aromatic nitrogens is 1. The molecule has 88 valence electrons. The Balaban J connectivity index is 2.43. The third-order valence-electron chi connectivity index (χ3n) is 2.63. The van der Waals surface area contributed by atoms with Crippen molar-refractivity contribution in [1.29, 1.82) is 0 Å². The highest BCUT2D eigenvalue weighted by Crippen LogP contribution is 2.11. The molecule has 1 heterocycles. The summed E-state index contributed by atoms with van der Waals surface area (Å²) in [6, 6.07) is 3.63. The van der Waals surface area contributed by atoms with Gasteiger partial charge in [0.2, 0.25) is 0 Å². The fourth-order valence-corrected chi connectivity index (χ4v) is 1.43. The van der Waals surface area contributed by atoms with Crippen molar-refractivity contribution >= 4 is 11.6 Å². The van der Waals surface area contributed by atoms with Crippen LogP contribution in [0, 0.1) is 5.92 Å². The van der Waals surface area contributed by atoms with Gasteiger partial charge in [-0.05, 0) is 24.9 Å². The number of ketones is 1. The zero-order valence-electron chi connectivity index (χ0n) is 9.65. The molecule has 4 heteroatoms. The zero-order valence-corrected chi connectivity index (χ0v) is 9.65. The minimum atomic E-state index is 0.194. The van der Waals surface area contributed by atoms with Crippen LogP contribution in [-0.2, 0) is 11.2 Å². The van der Waals surface area contributed by atoms with E-state index in [1.54, 1.807) is 12.3 Å². The predicted octanol–water partition coefficient (Wildman–Crippen LogP) is 1.15. The van der Waals surface area contributed by atoms with Crippen LogP contribution in [0.3, 0.4) is 0 Å². The molecule has 0 fully saturated rings. The lowest BCUT2D eigenvalue weighted by Gasteiger charge is -2.07. The molecule has 0 aromatic carbocycles. The van der Waals surface area contributed by atoms with E-state index >= 15 is 0 Å². The second-order valence-electron chi connectivity index (χ2n) is 4.14. The summed E-state index contributed by atoms with van der Waals surface area (Å²) in [6.07, 6.45) is 3.40. The lowest BCUT2D eigenvalue weighted by molar-refractivity contribution is -0.118. The van der Waals surface area contributed by atoms with Crippen molar-refractivity contribution in [3.8, 4) is 0 Å². The molecule has 1 atom stereocenters. The Morgan fingerprint density at radius 3 is 2.94 bits per heavy atom. The Bertz CT molecular complexity index is 352. The average molecular weight is 221 g/mol. The Morgan fingerprint density at radius 2 is 2.31 bits per heavy atom. The van der Waals surface area contributed by atoms with Gasteiger partial charge in [0.05, 0.1) is 0 Å². The van der Waals surface area contributed by atoms with E-state index in [1.807, 2.05) is 13.0 Å². The third-order valence-corrected chi connectivity index (χ3v) is 2.63. The lowest BCUT2D eigenvalue weighted by Crippen LogP contribution is -2.13. The predicted molar refractivity (Wildman–Crippen MR) is 64.8 cm³/mol. The van der Waals surface area contributed by atoms with E-state index < -0.39 is 0 Å². The highest BCUT2D eigenvalue weighted by atomic mass is 16.1. The number of Topliss-reactive ketones (excluding diaryl/α,β-unsaturated/α-hetero) is 1. The van der Waals surface area contributed by atoms with Crippen molar-refractivity contribution in [2.45, 2.75) is 26.2 Å². The molecule has 1 rings (SSSR count). The molecule has 4 N–H and O–H groups in total. The largest absolute Gasteiger partial charge is 0.383 e. The summed E-state index contributed by atoms with van der Waals surface area (Å²) in [6.45, 7) is 2.67. The maximum Gasteiger partial charge on any atom is 0.137 e. The number of nitrogens with zero attached hydrogens (tertiary/aromatic N) is 1. The van der Waals surface area contributed by atoms with Crippen LogP contribution in [0.4, 0.5) is 5.82 Å². The van der Waals surface area contributed by atoms with Crippen molar-refractivity contribution in [2.24, 2.45) is 11.7 Å². The quantitative estimate of drug-likeness (QED) is 0.755. The molecule has 1 unspecified atom stereocenters. The first-order valence-corrected chi connectivity index (χ1v) is 5.54. The molecular formula is C12H19N3O. The summed E-state index contributed by atoms with van der Waals surface area (Å²) in [5.41, 5.74) is 12.0. The molecule has 0 aliphatic heterocycles. The topological polar surface area (TPSA) is 82.0 Å². The molecule has 0 aliphatic carbocycles. The van der Waals surface area contributed by atoms with E-state index in [1.165, 1.54) is 0 Å². The van der Waals surface area contributed by atoms with Gasteiger partial charge in [-0.2, -0.15) is 0 Å². The second kappa shape index (κ2) is 6.23. The van der Waals surface area contributed by atoms with Crippen LogP contribution in [0.15, 0.2) is 18.3 Å². The molecule has 0 saturated carbocycles. The molecule has 1 aromatic rings. The number of rotatable bonds is 6. The van der Waals surface area contributed by atoms with Gasteiger partial charge in [0.15, 0.2) is 0 Å². The van der Waals surface area contributed by atoms with Gasteiger partial charge in [-0.15, -0.1) is 0 Å². The van der Waals surface area contributed by atoms with Crippen LogP contribution in [-0.4, -0.2) is 17.3 Å². The van der Waals surface area contributed by atoms with Gasteiger partial charge in [0.25, 0.3) is 0 Å². The molecule has 16 heavy (non-hydrogen) atoms. The summed E-state index contributed by atoms with van der Waals surface area (Å²) in [7, 11) is 0. The van der Waals surface area contributed by atoms with Crippen molar-refractivity contribution in [2.75, 3.05) is 12.3 Å². The van der Waals surface area contributed by atoms with E-state index in [-0.39, 0.29) is 5.78 Å². The van der Waals surface area contributed by atoms with E-state index in [2.05, 4.69) is 4.98 Å². The molecule has 0 aliphatic rings. The van der Waals surface area contributed by atoms with Gasteiger partial charge < -0.3 is 11.5 Å². The molecule has 0 radical (unpaired) electrons. The molecule has 4 nitrogen and oxygen atoms in total. The van der Waals surface area contributed by atoms with E-state index in [0.29, 0.717) is 31.1 Å². The SMILES string of the molecule is CC(CN)CCC(=O)Cc1cccnc1N. The fourth-order valence-electron chi connectivity index (χ4n) is 1.43. The van der Waals surface area contributed by atoms with Gasteiger partial charge >= 0.3 is 0 Å². The van der Waals surface area contributed by atoms with Crippen LogP contribution >= 0.6 is 0 Å². The van der Waals surface area contributed by atoms with E-state index in [0.717, 1.165) is 12.0 Å². The number of hydrogen-bond acceptors (Lipinski definition) is 4. The summed E-state index contributed by atoms with van der Waals surface area (Å²) in [5, 5.41) is 0. The molecule has 0 bridgehead atoms. The second-order valence-corrected chi connectivity index (χ2v) is 4.14. The van der Waals surface area contributed by atoms with Gasteiger partial charge in [-0.1, -0.05) is 13.0 Å². The summed E-state index contributed by atoms with van der Waals surface area (Å²) < 4.78 is 0. The maximum absolute atomic E-state index is 11.7. The Kier molecular flexibility index (Phi) is 4.92. The Labute approximate surface area is 96.0 Å². The summed E-state index contributed by atoms with van der Waals surface area (Å²) in [4.78, 5) is 15.6. The first-order valence-electron chi connectivity index (χ1n) is 5.54. The first kappa shape index (κ1) is 12.6. The van der Waals surface area contributed by atoms with E-state index in [4.69, 9.17) is 11.5 Å². The number of carbonyl (C=O) groups excluding carboxylic acids is 1. The highest BCUT2D eigenvalue weighted by Gasteiger charge is 2.08.